The molecule has 16 heavy (non-hydrogen) atoms. The second-order valence-corrected chi connectivity index (χ2v) is 3.37. The third kappa shape index (κ3) is 2.96. The standard InChI is InChI=1S/C10H12F3N3/c1-6-3-4-8(5-7(6)2)15-9(16-14)10(11,12)13/h3-5H,14H2,1-2H3,(H,15,16). The zero-order chi connectivity index (χ0) is 12.3. The van der Waals surface area contributed by atoms with Crippen LogP contribution in [0.3, 0.4) is 0 Å². The van der Waals surface area contributed by atoms with Crippen LogP contribution in [0.25, 0.3) is 0 Å². The summed E-state index contributed by atoms with van der Waals surface area (Å²) in [5.74, 6) is 3.56. The SMILES string of the molecule is Cc1ccc(N=C(NN)C(F)(F)F)cc1C. The van der Waals surface area contributed by atoms with Crippen molar-refractivity contribution in [3.63, 3.8) is 0 Å². The predicted molar refractivity (Wildman–Crippen MR) is 56.4 cm³/mol. The number of hydrogen-bond acceptors (Lipinski definition) is 2. The third-order valence-electron chi connectivity index (χ3n) is 2.14. The van der Waals surface area contributed by atoms with E-state index in [0.29, 0.717) is 0 Å². The van der Waals surface area contributed by atoms with Crippen molar-refractivity contribution in [1.29, 1.82) is 0 Å². The average Bonchev–Trinajstić information content (AvgIpc) is 2.18. The molecule has 0 aromatic heterocycles. The van der Waals surface area contributed by atoms with E-state index in [0.717, 1.165) is 11.1 Å². The van der Waals surface area contributed by atoms with Gasteiger partial charge in [-0.25, -0.2) is 10.8 Å². The minimum atomic E-state index is -4.58. The van der Waals surface area contributed by atoms with Gasteiger partial charge in [-0.15, -0.1) is 0 Å². The van der Waals surface area contributed by atoms with Gasteiger partial charge in [0.05, 0.1) is 5.69 Å². The number of hydrazine groups is 1. The van der Waals surface area contributed by atoms with Crippen molar-refractivity contribution >= 4 is 11.5 Å². The molecule has 0 amide bonds. The van der Waals surface area contributed by atoms with Gasteiger partial charge in [-0.1, -0.05) is 6.07 Å². The van der Waals surface area contributed by atoms with Crippen LogP contribution in [0.2, 0.25) is 0 Å². The zero-order valence-electron chi connectivity index (χ0n) is 8.89. The zero-order valence-corrected chi connectivity index (χ0v) is 8.89. The fraction of sp³-hybridized carbons (Fsp3) is 0.300. The normalized spacial score (nSPS) is 12.8. The summed E-state index contributed by atoms with van der Waals surface area (Å²) in [6, 6.07) is 4.78. The van der Waals surface area contributed by atoms with Crippen molar-refractivity contribution in [1.82, 2.24) is 5.43 Å². The summed E-state index contributed by atoms with van der Waals surface area (Å²) in [6.07, 6.45) is -4.58. The first-order chi connectivity index (χ1) is 7.34. The predicted octanol–water partition coefficient (Wildman–Crippen LogP) is 2.36. The minimum absolute atomic E-state index is 0.216. The van der Waals surface area contributed by atoms with E-state index in [1.165, 1.54) is 6.07 Å². The van der Waals surface area contributed by atoms with Crippen LogP contribution >= 0.6 is 0 Å². The first-order valence-electron chi connectivity index (χ1n) is 4.54. The lowest BCUT2D eigenvalue weighted by atomic mass is 10.1. The van der Waals surface area contributed by atoms with Crippen LogP contribution in [0.4, 0.5) is 18.9 Å². The molecule has 0 saturated heterocycles. The van der Waals surface area contributed by atoms with Gasteiger partial charge in [0, 0.05) is 0 Å². The van der Waals surface area contributed by atoms with Gasteiger partial charge >= 0.3 is 6.18 Å². The Balaban J connectivity index is 3.10. The van der Waals surface area contributed by atoms with E-state index >= 15 is 0 Å². The second-order valence-electron chi connectivity index (χ2n) is 3.37. The molecular formula is C10H12F3N3. The maximum atomic E-state index is 12.3. The number of alkyl halides is 3. The summed E-state index contributed by atoms with van der Waals surface area (Å²) in [4.78, 5) is 3.41. The number of aliphatic imine (C=N–C) groups is 1. The van der Waals surface area contributed by atoms with Crippen LogP contribution in [-0.2, 0) is 0 Å². The number of nitrogens with zero attached hydrogens (tertiary/aromatic N) is 1. The highest BCUT2D eigenvalue weighted by Crippen LogP contribution is 2.21. The maximum Gasteiger partial charge on any atom is 0.450 e. The number of amidine groups is 1. The van der Waals surface area contributed by atoms with Crippen molar-refractivity contribution in [2.45, 2.75) is 20.0 Å². The van der Waals surface area contributed by atoms with E-state index < -0.39 is 12.0 Å². The van der Waals surface area contributed by atoms with Gasteiger partial charge in [-0.3, -0.25) is 0 Å². The first kappa shape index (κ1) is 12.5. The molecular weight excluding hydrogens is 219 g/mol. The Kier molecular flexibility index (Phi) is 3.54. The minimum Gasteiger partial charge on any atom is -0.304 e. The van der Waals surface area contributed by atoms with Gasteiger partial charge in [-0.05, 0) is 37.1 Å². The van der Waals surface area contributed by atoms with Crippen LogP contribution < -0.4 is 11.3 Å². The molecule has 0 unspecified atom stereocenters. The lowest BCUT2D eigenvalue weighted by Crippen LogP contribution is -2.41. The summed E-state index contributed by atoms with van der Waals surface area (Å²) in [6.45, 7) is 3.67. The molecule has 0 heterocycles. The van der Waals surface area contributed by atoms with Crippen LogP contribution in [0.15, 0.2) is 23.2 Å². The highest BCUT2D eigenvalue weighted by molar-refractivity contribution is 5.89. The number of aryl methyl sites for hydroxylation is 2. The maximum absolute atomic E-state index is 12.3. The van der Waals surface area contributed by atoms with Gasteiger partial charge in [0.1, 0.15) is 0 Å². The van der Waals surface area contributed by atoms with Gasteiger partial charge in [0.15, 0.2) is 0 Å². The molecule has 0 spiro atoms. The summed E-state index contributed by atoms with van der Waals surface area (Å²) in [5, 5.41) is 0. The van der Waals surface area contributed by atoms with Crippen LogP contribution in [0.5, 0.6) is 0 Å². The Morgan fingerprint density at radius 2 is 1.88 bits per heavy atom. The first-order valence-corrected chi connectivity index (χ1v) is 4.54. The van der Waals surface area contributed by atoms with Crippen molar-refractivity contribution in [2.75, 3.05) is 0 Å². The number of nitrogens with two attached hydrogens (primary N) is 1. The van der Waals surface area contributed by atoms with Crippen molar-refractivity contribution in [3.05, 3.63) is 29.3 Å². The monoisotopic (exact) mass is 231 g/mol. The molecule has 0 atom stereocenters. The fourth-order valence-corrected chi connectivity index (χ4v) is 1.10. The summed E-state index contributed by atoms with van der Waals surface area (Å²) in [5.41, 5.74) is 3.63. The van der Waals surface area contributed by atoms with E-state index in [-0.39, 0.29) is 5.69 Å². The molecule has 1 aromatic carbocycles. The van der Waals surface area contributed by atoms with Crippen molar-refractivity contribution in [3.8, 4) is 0 Å². The Morgan fingerprint density at radius 3 is 2.31 bits per heavy atom. The van der Waals surface area contributed by atoms with E-state index in [4.69, 9.17) is 5.84 Å². The van der Waals surface area contributed by atoms with Gasteiger partial charge in [0.25, 0.3) is 0 Å². The Bertz CT molecular complexity index is 410. The molecule has 0 radical (unpaired) electrons. The van der Waals surface area contributed by atoms with Gasteiger partial charge in [0.2, 0.25) is 5.84 Å². The van der Waals surface area contributed by atoms with Gasteiger partial charge < -0.3 is 5.43 Å². The van der Waals surface area contributed by atoms with Crippen molar-refractivity contribution < 1.29 is 13.2 Å². The van der Waals surface area contributed by atoms with Crippen LogP contribution in [-0.4, -0.2) is 12.0 Å². The fourth-order valence-electron chi connectivity index (χ4n) is 1.10. The van der Waals surface area contributed by atoms with E-state index in [1.807, 2.05) is 6.92 Å². The third-order valence-corrected chi connectivity index (χ3v) is 2.14. The molecule has 0 aliphatic carbocycles. The molecule has 0 fully saturated rings. The molecule has 3 N–H and O–H groups in total. The number of rotatable bonds is 1. The molecule has 3 nitrogen and oxygen atoms in total. The molecule has 6 heteroatoms. The highest BCUT2D eigenvalue weighted by Gasteiger charge is 2.35. The molecule has 0 bridgehead atoms. The lowest BCUT2D eigenvalue weighted by Gasteiger charge is -2.09. The highest BCUT2D eigenvalue weighted by atomic mass is 19.4. The molecule has 1 aromatic rings. The molecule has 0 saturated carbocycles. The molecule has 0 aliphatic rings. The summed E-state index contributed by atoms with van der Waals surface area (Å²) >= 11 is 0. The molecule has 88 valence electrons. The lowest BCUT2D eigenvalue weighted by molar-refractivity contribution is -0.0617. The van der Waals surface area contributed by atoms with Crippen molar-refractivity contribution in [2.24, 2.45) is 10.8 Å². The number of benzene rings is 1. The second kappa shape index (κ2) is 4.52. The Labute approximate surface area is 91.1 Å². The van der Waals surface area contributed by atoms with E-state index in [9.17, 15) is 13.2 Å². The number of halogens is 3. The Hall–Kier alpha value is -1.56. The summed E-state index contributed by atoms with van der Waals surface area (Å²) < 4.78 is 36.9. The van der Waals surface area contributed by atoms with Gasteiger partial charge in [-0.2, -0.15) is 13.2 Å². The molecule has 0 aliphatic heterocycles. The average molecular weight is 231 g/mol. The van der Waals surface area contributed by atoms with E-state index in [2.05, 4.69) is 4.99 Å². The Morgan fingerprint density at radius 1 is 1.25 bits per heavy atom. The van der Waals surface area contributed by atoms with E-state index in [1.54, 1.807) is 24.5 Å². The van der Waals surface area contributed by atoms with Crippen LogP contribution in [0.1, 0.15) is 11.1 Å². The van der Waals surface area contributed by atoms with Crippen LogP contribution in [0, 0.1) is 13.8 Å². The quantitative estimate of drug-likeness (QED) is 0.337. The summed E-state index contributed by atoms with van der Waals surface area (Å²) in [7, 11) is 0. The molecule has 1 rings (SSSR count). The largest absolute Gasteiger partial charge is 0.450 e. The topological polar surface area (TPSA) is 50.4 Å². The smallest absolute Gasteiger partial charge is 0.304 e. The number of hydrogen-bond donors (Lipinski definition) is 2. The number of nitrogens with one attached hydrogen (secondary N) is 1.